The SMILES string of the molecule is CNC(CCCCCCCCl)C(O)C(=O)NC(Cc1ccc(O)cc1)C(=O)N(C)C(CC(C)C)C(=O)N1CCCC1C(=O)O. The number of phenols is 1. The Morgan fingerprint density at radius 2 is 1.70 bits per heavy atom. The molecular weight excluding hydrogens is 588 g/mol. The molecule has 0 spiro atoms. The van der Waals surface area contributed by atoms with Crippen molar-refractivity contribution < 1.29 is 34.5 Å². The molecule has 0 saturated carbocycles. The topological polar surface area (TPSA) is 160 Å². The maximum Gasteiger partial charge on any atom is 0.326 e. The molecule has 0 aromatic heterocycles. The minimum absolute atomic E-state index is 0.0170. The molecule has 5 N–H and O–H groups in total. The van der Waals surface area contributed by atoms with Crippen LogP contribution in [0.1, 0.15) is 77.2 Å². The molecule has 5 atom stereocenters. The number of likely N-dealkylation sites (tertiary alicyclic amines) is 1. The highest BCUT2D eigenvalue weighted by Crippen LogP contribution is 2.23. The van der Waals surface area contributed by atoms with Crippen LogP contribution in [0.15, 0.2) is 24.3 Å². The van der Waals surface area contributed by atoms with Crippen molar-refractivity contribution in [2.24, 2.45) is 5.92 Å². The van der Waals surface area contributed by atoms with Crippen LogP contribution in [0, 0.1) is 5.92 Å². The monoisotopic (exact) mass is 638 g/mol. The zero-order valence-corrected chi connectivity index (χ0v) is 27.3. The van der Waals surface area contributed by atoms with Gasteiger partial charge in [0.1, 0.15) is 30.0 Å². The van der Waals surface area contributed by atoms with E-state index in [4.69, 9.17) is 11.6 Å². The quantitative estimate of drug-likeness (QED) is 0.114. The summed E-state index contributed by atoms with van der Waals surface area (Å²) < 4.78 is 0. The van der Waals surface area contributed by atoms with Gasteiger partial charge in [-0.1, -0.05) is 51.7 Å². The fraction of sp³-hybridized carbons (Fsp3) is 0.688. The van der Waals surface area contributed by atoms with Crippen molar-refractivity contribution in [1.29, 1.82) is 0 Å². The van der Waals surface area contributed by atoms with Gasteiger partial charge in [0, 0.05) is 31.9 Å². The predicted octanol–water partition coefficient (Wildman–Crippen LogP) is 2.90. The van der Waals surface area contributed by atoms with Gasteiger partial charge in [-0.05, 0) is 62.8 Å². The van der Waals surface area contributed by atoms with Crippen molar-refractivity contribution in [3.63, 3.8) is 0 Å². The number of benzene rings is 1. The van der Waals surface area contributed by atoms with Gasteiger partial charge in [-0.3, -0.25) is 14.4 Å². The summed E-state index contributed by atoms with van der Waals surface area (Å²) in [5.41, 5.74) is 0.656. The van der Waals surface area contributed by atoms with E-state index in [0.717, 1.165) is 32.1 Å². The number of amides is 3. The van der Waals surface area contributed by atoms with E-state index in [9.17, 15) is 34.5 Å². The number of aliphatic carboxylic acids is 1. The normalized spacial score (nSPS) is 17.6. The second-order valence-electron chi connectivity index (χ2n) is 12.1. The minimum atomic E-state index is -1.42. The Hall–Kier alpha value is -2.89. The average Bonchev–Trinajstić information content (AvgIpc) is 3.49. The number of hydrogen-bond donors (Lipinski definition) is 5. The van der Waals surface area contributed by atoms with Gasteiger partial charge in [-0.15, -0.1) is 11.6 Å². The van der Waals surface area contributed by atoms with E-state index in [0.29, 0.717) is 43.7 Å². The zero-order chi connectivity index (χ0) is 32.8. The second kappa shape index (κ2) is 18.8. The van der Waals surface area contributed by atoms with Crippen LogP contribution < -0.4 is 10.6 Å². The number of carboxylic acids is 1. The van der Waals surface area contributed by atoms with Crippen LogP contribution in [0.4, 0.5) is 0 Å². The maximum atomic E-state index is 14.0. The number of hydrogen-bond acceptors (Lipinski definition) is 7. The summed E-state index contributed by atoms with van der Waals surface area (Å²) in [6.07, 6.45) is 5.17. The molecule has 5 unspecified atom stereocenters. The summed E-state index contributed by atoms with van der Waals surface area (Å²) in [4.78, 5) is 55.5. The molecule has 1 aliphatic rings. The molecule has 0 radical (unpaired) electrons. The van der Waals surface area contributed by atoms with Gasteiger partial charge < -0.3 is 35.8 Å². The Morgan fingerprint density at radius 1 is 1.07 bits per heavy atom. The third-order valence-corrected chi connectivity index (χ3v) is 8.54. The van der Waals surface area contributed by atoms with Crippen LogP contribution in [0.3, 0.4) is 0 Å². The number of carboxylic acid groups (broad SMARTS) is 1. The molecule has 11 nitrogen and oxygen atoms in total. The summed E-state index contributed by atoms with van der Waals surface area (Å²) >= 11 is 5.74. The number of carbonyl (C=O) groups is 4. The first kappa shape index (κ1) is 37.3. The van der Waals surface area contributed by atoms with E-state index >= 15 is 0 Å². The van der Waals surface area contributed by atoms with Gasteiger partial charge in [0.2, 0.25) is 11.8 Å². The first-order valence-corrected chi connectivity index (χ1v) is 16.2. The molecule has 0 aliphatic carbocycles. The Labute approximate surface area is 266 Å². The highest BCUT2D eigenvalue weighted by molar-refractivity contribution is 6.17. The molecule has 1 aromatic rings. The summed E-state index contributed by atoms with van der Waals surface area (Å²) in [6, 6.07) is 2.70. The molecule has 1 aromatic carbocycles. The number of likely N-dealkylation sites (N-methyl/N-ethyl adjacent to an activating group) is 2. The fourth-order valence-electron chi connectivity index (χ4n) is 5.71. The molecule has 0 bridgehead atoms. The highest BCUT2D eigenvalue weighted by atomic mass is 35.5. The van der Waals surface area contributed by atoms with Crippen molar-refractivity contribution >= 4 is 35.3 Å². The van der Waals surface area contributed by atoms with E-state index in [2.05, 4.69) is 10.6 Å². The molecule has 44 heavy (non-hydrogen) atoms. The molecule has 1 fully saturated rings. The lowest BCUT2D eigenvalue weighted by Gasteiger charge is -2.35. The van der Waals surface area contributed by atoms with Crippen molar-refractivity contribution in [3.8, 4) is 5.75 Å². The fourth-order valence-corrected chi connectivity index (χ4v) is 5.89. The first-order chi connectivity index (χ1) is 20.9. The third kappa shape index (κ3) is 11.2. The van der Waals surface area contributed by atoms with E-state index in [1.807, 2.05) is 13.8 Å². The van der Waals surface area contributed by atoms with Gasteiger partial charge >= 0.3 is 5.97 Å². The van der Waals surface area contributed by atoms with Crippen LogP contribution in [-0.4, -0.2) is 106 Å². The number of rotatable bonds is 19. The standard InChI is InChI=1S/C32H51ClN4O7/c1-21(2)19-27(31(42)37-18-10-12-26(37)32(43)44)36(4)30(41)25(20-22-13-15-23(38)16-14-22)35-29(40)28(39)24(34-3)11-8-6-5-7-9-17-33/h13-16,21,24-28,34,38-39H,5-12,17-20H2,1-4H3,(H,35,40)(H,43,44). The minimum Gasteiger partial charge on any atom is -0.508 e. The van der Waals surface area contributed by atoms with Gasteiger partial charge in [-0.25, -0.2) is 4.79 Å². The Balaban J connectivity index is 2.26. The number of carbonyl (C=O) groups excluding carboxylic acids is 3. The van der Waals surface area contributed by atoms with E-state index in [-0.39, 0.29) is 18.1 Å². The lowest BCUT2D eigenvalue weighted by Crippen LogP contribution is -2.58. The molecular formula is C32H51ClN4O7. The Bertz CT molecular complexity index is 1070. The number of aromatic hydroxyl groups is 1. The molecule has 12 heteroatoms. The predicted molar refractivity (Wildman–Crippen MR) is 169 cm³/mol. The third-order valence-electron chi connectivity index (χ3n) is 8.28. The van der Waals surface area contributed by atoms with Gasteiger partial charge in [-0.2, -0.15) is 0 Å². The number of aliphatic hydroxyl groups is 1. The number of alkyl halides is 1. The summed E-state index contributed by atoms with van der Waals surface area (Å²) in [5, 5.41) is 36.1. The summed E-state index contributed by atoms with van der Waals surface area (Å²) in [7, 11) is 3.17. The Kier molecular flexibility index (Phi) is 15.9. The smallest absolute Gasteiger partial charge is 0.326 e. The number of aliphatic hydroxyl groups excluding tert-OH is 1. The number of halogens is 1. The molecule has 3 amide bonds. The lowest BCUT2D eigenvalue weighted by atomic mass is 9.98. The molecule has 2 rings (SSSR count). The molecule has 248 valence electrons. The second-order valence-corrected chi connectivity index (χ2v) is 12.5. The maximum absolute atomic E-state index is 14.0. The first-order valence-electron chi connectivity index (χ1n) is 15.7. The van der Waals surface area contributed by atoms with Crippen LogP contribution in [0.5, 0.6) is 5.75 Å². The van der Waals surface area contributed by atoms with Crippen molar-refractivity contribution in [1.82, 2.24) is 20.4 Å². The average molecular weight is 639 g/mol. The van der Waals surface area contributed by atoms with Crippen molar-refractivity contribution in [2.45, 2.75) is 108 Å². The van der Waals surface area contributed by atoms with Crippen LogP contribution in [-0.2, 0) is 25.6 Å². The Morgan fingerprint density at radius 3 is 2.30 bits per heavy atom. The van der Waals surface area contributed by atoms with Gasteiger partial charge in [0.15, 0.2) is 0 Å². The molecule has 1 aliphatic heterocycles. The van der Waals surface area contributed by atoms with Gasteiger partial charge in [0.05, 0.1) is 0 Å². The molecule has 1 saturated heterocycles. The van der Waals surface area contributed by atoms with Crippen molar-refractivity contribution in [3.05, 3.63) is 29.8 Å². The lowest BCUT2D eigenvalue weighted by molar-refractivity contribution is -0.153. The van der Waals surface area contributed by atoms with Gasteiger partial charge in [0.25, 0.3) is 5.91 Å². The van der Waals surface area contributed by atoms with E-state index in [1.165, 1.54) is 29.0 Å². The van der Waals surface area contributed by atoms with Crippen LogP contribution >= 0.6 is 11.6 Å². The number of phenolic OH excluding ortho intramolecular Hbond substituents is 1. The van der Waals surface area contributed by atoms with Crippen LogP contribution in [0.25, 0.3) is 0 Å². The highest BCUT2D eigenvalue weighted by Gasteiger charge is 2.41. The molecule has 1 heterocycles. The van der Waals surface area contributed by atoms with E-state index in [1.54, 1.807) is 19.2 Å². The number of nitrogens with one attached hydrogen (secondary N) is 2. The van der Waals surface area contributed by atoms with Crippen molar-refractivity contribution in [2.75, 3.05) is 26.5 Å². The number of nitrogens with zero attached hydrogens (tertiary/aromatic N) is 2. The number of unbranched alkanes of at least 4 members (excludes halogenated alkanes) is 4. The summed E-state index contributed by atoms with van der Waals surface area (Å²) in [5.74, 6) is -2.06. The zero-order valence-electron chi connectivity index (χ0n) is 26.5. The largest absolute Gasteiger partial charge is 0.508 e. The van der Waals surface area contributed by atoms with E-state index < -0.39 is 54.0 Å². The summed E-state index contributed by atoms with van der Waals surface area (Å²) in [6.45, 7) is 4.13. The van der Waals surface area contributed by atoms with Crippen LogP contribution in [0.2, 0.25) is 0 Å².